The quantitative estimate of drug-likeness (QED) is 0.329. The molecular weight excluding hydrogens is 731 g/mol. The minimum atomic E-state index is -4.35. The Kier molecular flexibility index (Phi) is 11.8. The van der Waals surface area contributed by atoms with Crippen LogP contribution in [-0.4, -0.2) is 101 Å². The van der Waals surface area contributed by atoms with E-state index < -0.39 is 81.9 Å². The molecule has 298 valence electrons. The van der Waals surface area contributed by atoms with Crippen LogP contribution in [0.3, 0.4) is 0 Å². The molecule has 1 saturated heterocycles. The van der Waals surface area contributed by atoms with E-state index in [2.05, 4.69) is 15.4 Å². The number of hydrogen-bond donors (Lipinski definition) is 3. The smallest absolute Gasteiger partial charge is 0.410 e. The molecular formula is C38H51N7O9S. The topological polar surface area (TPSA) is 208 Å². The van der Waals surface area contributed by atoms with Gasteiger partial charge < -0.3 is 25.0 Å². The Bertz CT molecular complexity index is 1830. The zero-order chi connectivity index (χ0) is 39.5. The number of hydrogen-bond acceptors (Lipinski definition) is 10. The molecule has 1 aromatic carbocycles. The van der Waals surface area contributed by atoms with Crippen molar-refractivity contribution in [3.05, 3.63) is 47.5 Å². The molecule has 0 radical (unpaired) electrons. The highest BCUT2D eigenvalue weighted by Crippen LogP contribution is 2.47. The molecule has 0 bridgehead atoms. The predicted octanol–water partition coefficient (Wildman–Crippen LogP) is 3.14. The lowest BCUT2D eigenvalue weighted by Crippen LogP contribution is -2.60. The zero-order valence-corrected chi connectivity index (χ0v) is 32.4. The first-order chi connectivity index (χ1) is 26.1. The van der Waals surface area contributed by atoms with Gasteiger partial charge in [-0.25, -0.2) is 13.9 Å². The Hall–Kier alpha value is -4.69. The summed E-state index contributed by atoms with van der Waals surface area (Å²) in [7, 11) is -4.35. The molecule has 5 amide bonds. The average molecular weight is 782 g/mol. The van der Waals surface area contributed by atoms with Crippen LogP contribution in [0.2, 0.25) is 0 Å². The summed E-state index contributed by atoms with van der Waals surface area (Å²) in [5.41, 5.74) is -0.523. The van der Waals surface area contributed by atoms with Crippen molar-refractivity contribution in [2.24, 2.45) is 5.92 Å². The minimum absolute atomic E-state index is 0.103. The largest absolute Gasteiger partial charge is 0.444 e. The van der Waals surface area contributed by atoms with Crippen LogP contribution in [0.4, 0.5) is 9.59 Å². The Morgan fingerprint density at radius 1 is 1.07 bits per heavy atom. The van der Waals surface area contributed by atoms with Gasteiger partial charge in [-0.1, -0.05) is 49.3 Å². The van der Waals surface area contributed by atoms with Crippen LogP contribution in [-0.2, 0) is 47.2 Å². The maximum absolute atomic E-state index is 14.5. The molecule has 3 N–H and O–H groups in total. The van der Waals surface area contributed by atoms with Crippen LogP contribution >= 0.6 is 0 Å². The van der Waals surface area contributed by atoms with Gasteiger partial charge in [0.05, 0.1) is 25.6 Å². The summed E-state index contributed by atoms with van der Waals surface area (Å²) in [5.74, 6) is -2.73. The molecule has 3 heterocycles. The molecule has 6 rings (SSSR count). The molecule has 5 atom stereocenters. The predicted molar refractivity (Wildman–Crippen MR) is 197 cm³/mol. The number of nitrogens with zero attached hydrogens (tertiary/aromatic N) is 4. The fraction of sp³-hybridized carbons (Fsp3) is 0.632. The average Bonchev–Trinajstić information content (AvgIpc) is 3.95. The number of nitriles is 1. The summed E-state index contributed by atoms with van der Waals surface area (Å²) < 4.78 is 41.5. The number of alkyl carbamates (subject to hydrolysis) is 1. The van der Waals surface area contributed by atoms with Gasteiger partial charge in [-0.05, 0) is 70.4 Å². The normalized spacial score (nSPS) is 27.5. The van der Waals surface area contributed by atoms with Gasteiger partial charge in [0, 0.05) is 31.5 Å². The number of fused-ring (bicyclic) bond motifs is 3. The van der Waals surface area contributed by atoms with E-state index >= 15 is 0 Å². The van der Waals surface area contributed by atoms with E-state index in [4.69, 9.17) is 9.47 Å². The molecule has 3 aliphatic heterocycles. The highest BCUT2D eigenvalue weighted by Gasteiger charge is 2.63. The van der Waals surface area contributed by atoms with E-state index in [0.29, 0.717) is 49.5 Å². The van der Waals surface area contributed by atoms with Gasteiger partial charge in [0.25, 0.3) is 5.91 Å². The van der Waals surface area contributed by atoms with Crippen molar-refractivity contribution < 1.29 is 41.9 Å². The number of carbonyl (C=O) groups excluding carboxylic acids is 5. The highest BCUT2D eigenvalue weighted by atomic mass is 32.2. The SMILES string of the molecule is CC(C)(C)OC(=O)N[C@H]1CCCCC/C=C\[C@@H]2C[C@@]2(C(=O)N(CCC#N)S(=O)(=O)NC2CC2)NC(=O)[C@@H]2C[C@@H](OC(=O)N3Cc4ccccc4C3)CN2C1=O. The first-order valence-corrected chi connectivity index (χ1v) is 20.6. The van der Waals surface area contributed by atoms with Crippen molar-refractivity contribution >= 4 is 40.1 Å². The molecule has 3 fully saturated rings. The number of nitrogens with one attached hydrogen (secondary N) is 3. The van der Waals surface area contributed by atoms with Gasteiger partial charge >= 0.3 is 22.4 Å². The van der Waals surface area contributed by atoms with Gasteiger partial charge in [0.15, 0.2) is 0 Å². The first kappa shape index (κ1) is 40.0. The summed E-state index contributed by atoms with van der Waals surface area (Å²) in [6.45, 7) is 5.23. The van der Waals surface area contributed by atoms with Crippen LogP contribution in [0.5, 0.6) is 0 Å². The van der Waals surface area contributed by atoms with Crippen molar-refractivity contribution in [3.63, 3.8) is 0 Å². The van der Waals surface area contributed by atoms with E-state index in [1.54, 1.807) is 20.8 Å². The van der Waals surface area contributed by atoms with Crippen LogP contribution in [0, 0.1) is 17.2 Å². The van der Waals surface area contributed by atoms with Crippen LogP contribution < -0.4 is 15.4 Å². The number of rotatable bonds is 8. The molecule has 2 aliphatic carbocycles. The van der Waals surface area contributed by atoms with E-state index in [0.717, 1.165) is 17.5 Å². The fourth-order valence-electron chi connectivity index (χ4n) is 7.46. The first-order valence-electron chi connectivity index (χ1n) is 19.1. The third-order valence-electron chi connectivity index (χ3n) is 10.5. The van der Waals surface area contributed by atoms with Crippen molar-refractivity contribution in [2.45, 2.75) is 133 Å². The molecule has 16 nitrogen and oxygen atoms in total. The highest BCUT2D eigenvalue weighted by molar-refractivity contribution is 7.87. The maximum atomic E-state index is 14.5. The zero-order valence-electron chi connectivity index (χ0n) is 31.6. The van der Waals surface area contributed by atoms with Crippen molar-refractivity contribution in [1.82, 2.24) is 29.5 Å². The standard InChI is InChI=1S/C38H51N7O9S/c1-37(2,3)54-35(49)40-30-15-8-6-4-5-7-14-27-21-38(27,34(48)45(19-11-18-39)55(51,52)42-28-16-17-28)41-32(46)31-20-29(24-44(31)33(30)47)53-36(50)43-22-25-12-9-10-13-26(25)23-43/h7,9-10,12-14,27-31,42H,4-6,8,11,15-17,19-24H2,1-3H3,(H,40,49)(H,41,46)/b14-7-/t27-,29-,30+,31+,38-/m1/s1. The second-order valence-corrected chi connectivity index (χ2v) is 17.7. The summed E-state index contributed by atoms with van der Waals surface area (Å²) in [5, 5.41) is 14.9. The van der Waals surface area contributed by atoms with Crippen molar-refractivity contribution in [1.29, 1.82) is 5.26 Å². The molecule has 17 heteroatoms. The van der Waals surface area contributed by atoms with Crippen molar-refractivity contribution in [2.75, 3.05) is 13.1 Å². The summed E-state index contributed by atoms with van der Waals surface area (Å²) >= 11 is 0. The molecule has 0 unspecified atom stereocenters. The third-order valence-corrected chi connectivity index (χ3v) is 12.1. The van der Waals surface area contributed by atoms with Gasteiger partial charge in [-0.2, -0.15) is 18.4 Å². The van der Waals surface area contributed by atoms with Gasteiger partial charge in [0.1, 0.15) is 29.3 Å². The molecule has 5 aliphatic rings. The van der Waals surface area contributed by atoms with E-state index in [1.165, 1.54) is 9.80 Å². The molecule has 0 aromatic heterocycles. The molecule has 0 spiro atoms. The van der Waals surface area contributed by atoms with Crippen molar-refractivity contribution in [3.8, 4) is 6.07 Å². The summed E-state index contributed by atoms with van der Waals surface area (Å²) in [4.78, 5) is 72.5. The molecule has 1 aromatic rings. The van der Waals surface area contributed by atoms with Gasteiger partial charge in [-0.15, -0.1) is 0 Å². The molecule has 55 heavy (non-hydrogen) atoms. The van der Waals surface area contributed by atoms with E-state index in [9.17, 15) is 37.7 Å². The fourth-order valence-corrected chi connectivity index (χ4v) is 8.95. The molecule has 2 saturated carbocycles. The lowest BCUT2D eigenvalue weighted by molar-refractivity contribution is -0.142. The number of carbonyl (C=O) groups is 5. The number of amides is 5. The minimum Gasteiger partial charge on any atom is -0.444 e. The lowest BCUT2D eigenvalue weighted by Gasteiger charge is -2.31. The number of allylic oxidation sites excluding steroid dienone is 1. The maximum Gasteiger partial charge on any atom is 0.410 e. The lowest BCUT2D eigenvalue weighted by atomic mass is 10.0. The third kappa shape index (κ3) is 9.58. The summed E-state index contributed by atoms with van der Waals surface area (Å²) in [6.07, 6.45) is 5.30. The van der Waals surface area contributed by atoms with Crippen LogP contribution in [0.15, 0.2) is 36.4 Å². The Morgan fingerprint density at radius 2 is 1.78 bits per heavy atom. The van der Waals surface area contributed by atoms with E-state index in [-0.39, 0.29) is 38.3 Å². The second-order valence-electron chi connectivity index (χ2n) is 16.1. The Labute approximate surface area is 322 Å². The Balaban J connectivity index is 1.28. The Morgan fingerprint density at radius 3 is 2.44 bits per heavy atom. The number of benzene rings is 1. The van der Waals surface area contributed by atoms with Gasteiger partial charge in [0.2, 0.25) is 11.8 Å². The summed E-state index contributed by atoms with van der Waals surface area (Å²) in [6, 6.07) is 6.92. The van der Waals surface area contributed by atoms with Crippen LogP contribution in [0.25, 0.3) is 0 Å². The number of ether oxygens (including phenoxy) is 2. The van der Waals surface area contributed by atoms with E-state index in [1.807, 2.05) is 42.5 Å². The van der Waals surface area contributed by atoms with Gasteiger partial charge in [-0.3, -0.25) is 19.3 Å². The second kappa shape index (κ2) is 16.2. The van der Waals surface area contributed by atoms with Crippen LogP contribution in [0.1, 0.15) is 96.1 Å². The monoisotopic (exact) mass is 781 g/mol.